The molecule has 5 nitrogen and oxygen atoms in total. The molecule has 67 heavy (non-hydrogen) atoms. The summed E-state index contributed by atoms with van der Waals surface area (Å²) in [5, 5.41) is 9.71. The van der Waals surface area contributed by atoms with E-state index in [9.17, 15) is 0 Å². The van der Waals surface area contributed by atoms with E-state index >= 15 is 0 Å². The Labute approximate surface area is 387 Å². The van der Waals surface area contributed by atoms with E-state index in [0.29, 0.717) is 17.5 Å². The van der Waals surface area contributed by atoms with Gasteiger partial charge in [-0.3, -0.25) is 0 Å². The van der Waals surface area contributed by atoms with E-state index in [-0.39, 0.29) is 0 Å². The van der Waals surface area contributed by atoms with Crippen molar-refractivity contribution in [2.24, 2.45) is 0 Å². The van der Waals surface area contributed by atoms with Crippen LogP contribution in [0, 0.1) is 0 Å². The molecule has 310 valence electrons. The number of aromatic nitrogens is 4. The first-order valence-electron chi connectivity index (χ1n) is 22.6. The number of fused-ring (bicyclic) bond motifs is 13. The number of furan rings is 1. The fourth-order valence-corrected chi connectivity index (χ4v) is 11.8. The Hall–Kier alpha value is -8.71. The van der Waals surface area contributed by atoms with Crippen LogP contribution in [0.1, 0.15) is 0 Å². The van der Waals surface area contributed by atoms with Crippen molar-refractivity contribution in [3.8, 4) is 73.2 Å². The summed E-state index contributed by atoms with van der Waals surface area (Å²) in [6.45, 7) is 0. The van der Waals surface area contributed by atoms with Crippen LogP contribution < -0.4 is 0 Å². The predicted octanol–water partition coefficient (Wildman–Crippen LogP) is 16.7. The molecule has 0 saturated carbocycles. The second kappa shape index (κ2) is 13.9. The molecule has 0 atom stereocenters. The predicted molar refractivity (Wildman–Crippen MR) is 278 cm³/mol. The molecule has 6 heteroatoms. The Bertz CT molecular complexity index is 4330. The molecule has 0 aliphatic heterocycles. The van der Waals surface area contributed by atoms with Crippen LogP contribution in [0.15, 0.2) is 211 Å². The molecule has 4 aromatic heterocycles. The van der Waals surface area contributed by atoms with Gasteiger partial charge in [-0.05, 0) is 117 Å². The maximum Gasteiger partial charge on any atom is 0.164 e. The molecule has 15 rings (SSSR count). The van der Waals surface area contributed by atoms with E-state index in [1.165, 1.54) is 75.1 Å². The van der Waals surface area contributed by atoms with Gasteiger partial charge in [-0.25, -0.2) is 15.0 Å². The summed E-state index contributed by atoms with van der Waals surface area (Å²) in [4.78, 5) is 15.1. The molecule has 0 amide bonds. The van der Waals surface area contributed by atoms with E-state index in [0.717, 1.165) is 55.4 Å². The quantitative estimate of drug-likeness (QED) is 0.173. The van der Waals surface area contributed by atoms with Gasteiger partial charge in [0.1, 0.15) is 11.2 Å². The summed E-state index contributed by atoms with van der Waals surface area (Å²) in [5.74, 6) is 1.95. The van der Waals surface area contributed by atoms with Gasteiger partial charge in [0, 0.05) is 64.1 Å². The molecule has 0 radical (unpaired) electrons. The van der Waals surface area contributed by atoms with E-state index in [1.54, 1.807) is 0 Å². The first-order chi connectivity index (χ1) is 33.2. The van der Waals surface area contributed by atoms with Crippen LogP contribution in [0.2, 0.25) is 0 Å². The highest BCUT2D eigenvalue weighted by Gasteiger charge is 2.26. The third-order valence-corrected chi connectivity index (χ3v) is 14.9. The fourth-order valence-electron chi connectivity index (χ4n) is 10.7. The molecule has 0 fully saturated rings. The number of benzene rings is 10. The Kier molecular flexibility index (Phi) is 7.59. The fraction of sp³-hybridized carbons (Fsp3) is 0. The van der Waals surface area contributed by atoms with E-state index in [1.807, 2.05) is 59.9 Å². The normalized spacial score (nSPS) is 12.2. The monoisotopic (exact) mass is 870 g/mol. The molecule has 1 aliphatic rings. The summed E-state index contributed by atoms with van der Waals surface area (Å²) in [5.41, 5.74) is 15.6. The van der Waals surface area contributed by atoms with Gasteiger partial charge in [-0.1, -0.05) is 133 Å². The number of rotatable bonds is 5. The summed E-state index contributed by atoms with van der Waals surface area (Å²) in [7, 11) is 0. The standard InChI is InChI=1S/C61H34N4OS/c1-3-12-35(13-4-1)59-62-60(36-14-5-2-6-15-36)64-61(63-59)39-24-28-55-47(32-39)48-33-40(25-29-56(48)67-55)65-51-26-22-37(38-23-27-54-46(30-38)43-18-9-10-21-53(43)66-54)31-50(51)58-45-20-11-19-44-41-16-7-8-17-42(41)49(57(44)45)34-52(58)65/h1-34H. The van der Waals surface area contributed by atoms with Crippen molar-refractivity contribution in [1.29, 1.82) is 0 Å². The third kappa shape index (κ3) is 5.45. The van der Waals surface area contributed by atoms with Gasteiger partial charge in [0.05, 0.1) is 11.0 Å². The van der Waals surface area contributed by atoms with Crippen molar-refractivity contribution in [2.75, 3.05) is 0 Å². The molecule has 0 saturated heterocycles. The summed E-state index contributed by atoms with van der Waals surface area (Å²) >= 11 is 1.82. The van der Waals surface area contributed by atoms with Gasteiger partial charge in [-0.15, -0.1) is 11.3 Å². The van der Waals surface area contributed by atoms with E-state index in [2.05, 4.69) is 162 Å². The highest BCUT2D eigenvalue weighted by atomic mass is 32.1. The van der Waals surface area contributed by atoms with Crippen molar-refractivity contribution < 1.29 is 4.42 Å². The highest BCUT2D eigenvalue weighted by molar-refractivity contribution is 7.25. The molecule has 10 aromatic carbocycles. The van der Waals surface area contributed by atoms with Gasteiger partial charge < -0.3 is 8.98 Å². The minimum Gasteiger partial charge on any atom is -0.456 e. The van der Waals surface area contributed by atoms with Crippen LogP contribution in [0.25, 0.3) is 148 Å². The van der Waals surface area contributed by atoms with Crippen molar-refractivity contribution in [3.05, 3.63) is 206 Å². The third-order valence-electron chi connectivity index (χ3n) is 13.8. The minimum atomic E-state index is 0.646. The van der Waals surface area contributed by atoms with Crippen LogP contribution in [0.5, 0.6) is 0 Å². The summed E-state index contributed by atoms with van der Waals surface area (Å²) in [6, 6.07) is 74.0. The highest BCUT2D eigenvalue weighted by Crippen LogP contribution is 2.52. The Morgan fingerprint density at radius 2 is 0.896 bits per heavy atom. The molecular formula is C61H34N4OS. The number of thiophene rings is 1. The van der Waals surface area contributed by atoms with Gasteiger partial charge in [0.2, 0.25) is 0 Å². The average molecular weight is 871 g/mol. The van der Waals surface area contributed by atoms with Gasteiger partial charge in [-0.2, -0.15) is 0 Å². The molecule has 14 aromatic rings. The Morgan fingerprint density at radius 3 is 1.67 bits per heavy atom. The first-order valence-corrected chi connectivity index (χ1v) is 23.4. The lowest BCUT2D eigenvalue weighted by Gasteiger charge is -2.11. The smallest absolute Gasteiger partial charge is 0.164 e. The van der Waals surface area contributed by atoms with Gasteiger partial charge >= 0.3 is 0 Å². The van der Waals surface area contributed by atoms with Crippen molar-refractivity contribution >= 4 is 86.0 Å². The lowest BCUT2D eigenvalue weighted by molar-refractivity contribution is 0.669. The van der Waals surface area contributed by atoms with Crippen molar-refractivity contribution in [3.63, 3.8) is 0 Å². The van der Waals surface area contributed by atoms with Crippen LogP contribution in [0.3, 0.4) is 0 Å². The second-order valence-corrected chi connectivity index (χ2v) is 18.6. The number of nitrogens with zero attached hydrogens (tertiary/aromatic N) is 4. The molecule has 0 spiro atoms. The number of hydrogen-bond donors (Lipinski definition) is 0. The van der Waals surface area contributed by atoms with Gasteiger partial charge in [0.25, 0.3) is 0 Å². The zero-order chi connectivity index (χ0) is 43.7. The van der Waals surface area contributed by atoms with Crippen molar-refractivity contribution in [2.45, 2.75) is 0 Å². The molecule has 1 aliphatic carbocycles. The lowest BCUT2D eigenvalue weighted by Crippen LogP contribution is -2.00. The molecule has 4 heterocycles. The second-order valence-electron chi connectivity index (χ2n) is 17.5. The van der Waals surface area contributed by atoms with Gasteiger partial charge in [0.15, 0.2) is 17.5 Å². The summed E-state index contributed by atoms with van der Waals surface area (Å²) < 4.78 is 11.2. The largest absolute Gasteiger partial charge is 0.456 e. The maximum atomic E-state index is 6.24. The molecule has 0 N–H and O–H groups in total. The zero-order valence-electron chi connectivity index (χ0n) is 35.7. The SMILES string of the molecule is c1ccc(-c2nc(-c3ccccc3)nc(-c3ccc4sc5ccc(-n6c7ccc(-c8ccc9oc%10ccccc%10c9c8)cc7c7c8cccc9c8c(cc76)-c6ccccc6-9)cc5c4c3)n2)cc1. The van der Waals surface area contributed by atoms with Crippen LogP contribution in [0.4, 0.5) is 0 Å². The van der Waals surface area contributed by atoms with Crippen molar-refractivity contribution in [1.82, 2.24) is 19.5 Å². The molecule has 0 bridgehead atoms. The lowest BCUT2D eigenvalue weighted by atomic mass is 9.96. The first kappa shape index (κ1) is 36.6. The number of para-hydroxylation sites is 1. The number of hydrogen-bond acceptors (Lipinski definition) is 5. The topological polar surface area (TPSA) is 56.7 Å². The van der Waals surface area contributed by atoms with E-state index < -0.39 is 0 Å². The van der Waals surface area contributed by atoms with E-state index in [4.69, 9.17) is 19.4 Å². The zero-order valence-corrected chi connectivity index (χ0v) is 36.6. The summed E-state index contributed by atoms with van der Waals surface area (Å²) in [6.07, 6.45) is 0. The minimum absolute atomic E-state index is 0.646. The Balaban J connectivity index is 0.953. The van der Waals surface area contributed by atoms with Crippen LogP contribution >= 0.6 is 11.3 Å². The molecular weight excluding hydrogens is 837 g/mol. The van der Waals surface area contributed by atoms with Crippen LogP contribution in [-0.4, -0.2) is 19.5 Å². The maximum absolute atomic E-state index is 6.24. The average Bonchev–Trinajstić information content (AvgIpc) is 4.14. The molecule has 0 unspecified atom stereocenters. The van der Waals surface area contributed by atoms with Crippen LogP contribution in [-0.2, 0) is 0 Å². The Morgan fingerprint density at radius 1 is 0.328 bits per heavy atom.